The number of carbonyl (C=O) groups excluding carboxylic acids is 2. The van der Waals surface area contributed by atoms with Gasteiger partial charge in [-0.2, -0.15) is 17.6 Å². The Labute approximate surface area is 191 Å². The largest absolute Gasteiger partial charge is 0.490 e. The van der Waals surface area contributed by atoms with Crippen LogP contribution in [-0.4, -0.2) is 82.7 Å². The molecule has 0 aliphatic carbocycles. The number of carbonyl (C=O) groups is 3. The summed E-state index contributed by atoms with van der Waals surface area (Å²) in [6, 6.07) is 11.8. The number of fused-ring (bicyclic) bond motifs is 1. The predicted octanol–water partition coefficient (Wildman–Crippen LogP) is 2.47. The number of ether oxygens (including phenoxy) is 1. The van der Waals surface area contributed by atoms with Gasteiger partial charge in [-0.15, -0.1) is 0 Å². The van der Waals surface area contributed by atoms with Crippen molar-refractivity contribution >= 4 is 17.8 Å². The zero-order valence-electron chi connectivity index (χ0n) is 17.7. The predicted molar refractivity (Wildman–Crippen MR) is 109 cm³/mol. The molecule has 0 bridgehead atoms. The molecule has 3 heterocycles. The van der Waals surface area contributed by atoms with Crippen molar-refractivity contribution in [1.82, 2.24) is 14.8 Å². The van der Waals surface area contributed by atoms with Crippen molar-refractivity contribution in [3.05, 3.63) is 65.7 Å². The second kappa shape index (κ2) is 10.6. The number of hydrogen-bond acceptors (Lipinski definition) is 5. The molecule has 8 nitrogen and oxygen atoms in total. The van der Waals surface area contributed by atoms with Gasteiger partial charge in [-0.1, -0.05) is 18.2 Å². The monoisotopic (exact) mass is 483 g/mol. The van der Waals surface area contributed by atoms with Crippen LogP contribution in [0.5, 0.6) is 0 Å². The first-order valence-electron chi connectivity index (χ1n) is 10.2. The Morgan fingerprint density at radius 1 is 0.971 bits per heavy atom. The molecule has 1 aromatic heterocycles. The average molecular weight is 483 g/mol. The molecule has 2 amide bonds. The number of hydrogen-bond donors (Lipinski definition) is 1. The molecular formula is C22H21F4N3O5. The van der Waals surface area contributed by atoms with Gasteiger partial charge < -0.3 is 19.6 Å². The molecule has 0 spiro atoms. The van der Waals surface area contributed by atoms with Crippen LogP contribution in [-0.2, 0) is 9.53 Å². The van der Waals surface area contributed by atoms with E-state index in [-0.39, 0.29) is 29.4 Å². The Morgan fingerprint density at radius 2 is 1.59 bits per heavy atom. The molecule has 2 atom stereocenters. The fourth-order valence-corrected chi connectivity index (χ4v) is 3.73. The number of carboxylic acids is 1. The number of aliphatic carboxylic acids is 1. The van der Waals surface area contributed by atoms with Gasteiger partial charge >= 0.3 is 12.1 Å². The highest BCUT2D eigenvalue weighted by Crippen LogP contribution is 2.26. The van der Waals surface area contributed by atoms with Gasteiger partial charge in [-0.3, -0.25) is 9.59 Å². The van der Waals surface area contributed by atoms with Crippen molar-refractivity contribution in [2.45, 2.75) is 12.3 Å². The van der Waals surface area contributed by atoms with Crippen molar-refractivity contribution in [1.29, 1.82) is 0 Å². The molecule has 2 aromatic rings. The fourth-order valence-electron chi connectivity index (χ4n) is 3.73. The van der Waals surface area contributed by atoms with Gasteiger partial charge in [0.1, 0.15) is 0 Å². The topological polar surface area (TPSA) is 100 Å². The van der Waals surface area contributed by atoms with E-state index in [9.17, 15) is 27.2 Å². The van der Waals surface area contributed by atoms with Crippen LogP contribution in [0.2, 0.25) is 0 Å². The average Bonchev–Trinajstić information content (AvgIpc) is 3.09. The van der Waals surface area contributed by atoms with Crippen LogP contribution in [0.25, 0.3) is 0 Å². The maximum atomic E-state index is 13.3. The van der Waals surface area contributed by atoms with E-state index in [2.05, 4.69) is 4.98 Å². The van der Waals surface area contributed by atoms with Crippen molar-refractivity contribution in [3.8, 4) is 0 Å². The van der Waals surface area contributed by atoms with Crippen LogP contribution >= 0.6 is 0 Å². The molecular weight excluding hydrogens is 462 g/mol. The second-order valence-electron chi connectivity index (χ2n) is 7.67. The highest BCUT2D eigenvalue weighted by Gasteiger charge is 2.40. The van der Waals surface area contributed by atoms with Gasteiger partial charge in [-0.25, -0.2) is 9.78 Å². The molecule has 2 fully saturated rings. The Bertz CT molecular complexity index is 1030. The van der Waals surface area contributed by atoms with Gasteiger partial charge in [0.2, 0.25) is 5.95 Å². The molecule has 0 radical (unpaired) electrons. The van der Waals surface area contributed by atoms with Crippen LogP contribution < -0.4 is 0 Å². The number of likely N-dealkylation sites (tertiary alicyclic amines) is 1. The summed E-state index contributed by atoms with van der Waals surface area (Å²) in [7, 11) is 0. The fraction of sp³-hybridized carbons (Fsp3) is 0.364. The lowest BCUT2D eigenvalue weighted by Gasteiger charge is -2.23. The van der Waals surface area contributed by atoms with Gasteiger partial charge in [0, 0.05) is 55.5 Å². The summed E-state index contributed by atoms with van der Waals surface area (Å²) in [5, 5.41) is 7.12. The van der Waals surface area contributed by atoms with Crippen molar-refractivity contribution in [2.24, 2.45) is 5.92 Å². The molecule has 34 heavy (non-hydrogen) atoms. The number of nitrogens with zero attached hydrogens (tertiary/aromatic N) is 3. The molecule has 4 rings (SSSR count). The maximum Gasteiger partial charge on any atom is 0.490 e. The third-order valence-corrected chi connectivity index (χ3v) is 5.34. The smallest absolute Gasteiger partial charge is 0.475 e. The van der Waals surface area contributed by atoms with Crippen molar-refractivity contribution < 1.29 is 41.8 Å². The summed E-state index contributed by atoms with van der Waals surface area (Å²) in [6.07, 6.45) is -3.91. The maximum absolute atomic E-state index is 13.3. The minimum atomic E-state index is -5.08. The van der Waals surface area contributed by atoms with E-state index in [0.29, 0.717) is 38.3 Å². The SMILES string of the molecule is O=C(O)C(F)(F)F.O=C(c1ccccc1)N1CCO[C@@H]2CN(C(=O)c3ccnc(F)c3)C[C@@H]2C1. The van der Waals surface area contributed by atoms with E-state index >= 15 is 0 Å². The van der Waals surface area contributed by atoms with Crippen molar-refractivity contribution in [2.75, 3.05) is 32.8 Å². The van der Waals surface area contributed by atoms with Gasteiger partial charge in [-0.05, 0) is 18.2 Å². The molecule has 2 aliphatic rings. The summed E-state index contributed by atoms with van der Waals surface area (Å²) in [4.78, 5) is 41.3. The van der Waals surface area contributed by atoms with Gasteiger partial charge in [0.25, 0.3) is 11.8 Å². The zero-order valence-corrected chi connectivity index (χ0v) is 17.7. The lowest BCUT2D eigenvalue weighted by Crippen LogP contribution is -2.38. The van der Waals surface area contributed by atoms with E-state index < -0.39 is 18.1 Å². The Morgan fingerprint density at radius 3 is 2.21 bits per heavy atom. The molecule has 2 aliphatic heterocycles. The Hall–Kier alpha value is -3.54. The number of benzene rings is 1. The Balaban J connectivity index is 0.000000406. The number of pyridine rings is 1. The summed E-state index contributed by atoms with van der Waals surface area (Å²) in [6.45, 7) is 2.43. The van der Waals surface area contributed by atoms with E-state index in [1.165, 1.54) is 12.3 Å². The molecule has 0 saturated carbocycles. The van der Waals surface area contributed by atoms with E-state index in [1.807, 2.05) is 18.2 Å². The first kappa shape index (κ1) is 25.1. The van der Waals surface area contributed by atoms with Crippen LogP contribution in [0.3, 0.4) is 0 Å². The lowest BCUT2D eigenvalue weighted by molar-refractivity contribution is -0.192. The summed E-state index contributed by atoms with van der Waals surface area (Å²) in [5.74, 6) is -3.66. The minimum absolute atomic E-state index is 0.0270. The summed E-state index contributed by atoms with van der Waals surface area (Å²) < 4.78 is 51.0. The lowest BCUT2D eigenvalue weighted by atomic mass is 10.1. The molecule has 1 N–H and O–H groups in total. The van der Waals surface area contributed by atoms with Crippen LogP contribution in [0.15, 0.2) is 48.7 Å². The highest BCUT2D eigenvalue weighted by atomic mass is 19.4. The zero-order chi connectivity index (χ0) is 24.9. The third-order valence-electron chi connectivity index (χ3n) is 5.34. The normalized spacial score (nSPS) is 20.0. The van der Waals surface area contributed by atoms with Crippen LogP contribution in [0.1, 0.15) is 20.7 Å². The second-order valence-corrected chi connectivity index (χ2v) is 7.67. The van der Waals surface area contributed by atoms with E-state index in [4.69, 9.17) is 14.6 Å². The molecule has 182 valence electrons. The first-order valence-corrected chi connectivity index (χ1v) is 10.2. The molecule has 1 aromatic carbocycles. The summed E-state index contributed by atoms with van der Waals surface area (Å²) >= 11 is 0. The van der Waals surface area contributed by atoms with Crippen molar-refractivity contribution in [3.63, 3.8) is 0 Å². The van der Waals surface area contributed by atoms with Crippen LogP contribution in [0.4, 0.5) is 17.6 Å². The standard InChI is InChI=1S/C20H20FN3O3.C2HF3O2/c21-18-10-15(6-7-22-18)20(26)24-12-16-11-23(8-9-27-17(16)13-24)19(25)14-4-2-1-3-5-14;3-2(4,5)1(6)7/h1-7,10,16-17H,8-9,11-13H2;(H,6,7)/t16-,17+;/m0./s1. The third kappa shape index (κ3) is 6.28. The van der Waals surface area contributed by atoms with Gasteiger partial charge in [0.15, 0.2) is 0 Å². The van der Waals surface area contributed by atoms with E-state index in [1.54, 1.807) is 21.9 Å². The van der Waals surface area contributed by atoms with Gasteiger partial charge in [0.05, 0.1) is 12.7 Å². The molecule has 2 saturated heterocycles. The number of rotatable bonds is 2. The Kier molecular flexibility index (Phi) is 7.82. The number of alkyl halides is 3. The molecule has 0 unspecified atom stereocenters. The number of amides is 2. The molecule has 12 heteroatoms. The highest BCUT2D eigenvalue weighted by molar-refractivity contribution is 5.95. The van der Waals surface area contributed by atoms with E-state index in [0.717, 1.165) is 6.07 Å². The minimum Gasteiger partial charge on any atom is -0.475 e. The van der Waals surface area contributed by atoms with Crippen LogP contribution in [0, 0.1) is 11.9 Å². The number of carboxylic acid groups (broad SMARTS) is 1. The summed E-state index contributed by atoms with van der Waals surface area (Å²) in [5.41, 5.74) is 0.922. The number of halogens is 4. The number of aromatic nitrogens is 1. The quantitative estimate of drug-likeness (QED) is 0.521. The first-order chi connectivity index (χ1) is 16.1.